The number of hydrogen-bond donors (Lipinski definition) is 2. The highest BCUT2D eigenvalue weighted by molar-refractivity contribution is 7.71. The van der Waals surface area contributed by atoms with Crippen molar-refractivity contribution in [2.45, 2.75) is 19.9 Å². The van der Waals surface area contributed by atoms with E-state index in [4.69, 9.17) is 12.2 Å². The molecule has 0 saturated heterocycles. The predicted molar refractivity (Wildman–Crippen MR) is 76.8 cm³/mol. The molecule has 1 amide bonds. The molecule has 0 aliphatic rings. The highest BCUT2D eigenvalue weighted by Crippen LogP contribution is 2.09. The Kier molecular flexibility index (Phi) is 3.80. The van der Waals surface area contributed by atoms with Gasteiger partial charge in [0.2, 0.25) is 5.91 Å². The zero-order valence-electron chi connectivity index (χ0n) is 10.8. The van der Waals surface area contributed by atoms with Crippen LogP contribution in [0.5, 0.6) is 0 Å². The van der Waals surface area contributed by atoms with Gasteiger partial charge < -0.3 is 10.3 Å². The normalized spacial score (nSPS) is 12.3. The summed E-state index contributed by atoms with van der Waals surface area (Å²) in [7, 11) is 0. The van der Waals surface area contributed by atoms with Crippen LogP contribution in [0.4, 0.5) is 0 Å². The molecule has 0 aliphatic carbocycles. The van der Waals surface area contributed by atoms with Crippen LogP contribution in [0.1, 0.15) is 19.9 Å². The summed E-state index contributed by atoms with van der Waals surface area (Å²) in [6.07, 6.45) is 0. The Morgan fingerprint density at radius 1 is 1.47 bits per heavy atom. The largest absolute Gasteiger partial charge is 0.355 e. The third-order valence-corrected chi connectivity index (χ3v) is 3.25. The Morgan fingerprint density at radius 3 is 2.84 bits per heavy atom. The number of benzene rings is 1. The molecular formula is C13H15N3O2S. The van der Waals surface area contributed by atoms with Gasteiger partial charge in [-0.15, -0.1) is 0 Å². The lowest BCUT2D eigenvalue weighted by atomic mass is 10.2. The molecule has 2 rings (SSSR count). The highest BCUT2D eigenvalue weighted by atomic mass is 32.1. The van der Waals surface area contributed by atoms with Crippen molar-refractivity contribution in [3.8, 4) is 0 Å². The summed E-state index contributed by atoms with van der Waals surface area (Å²) in [5.74, 6) is -0.223. The van der Waals surface area contributed by atoms with Crippen LogP contribution in [0.2, 0.25) is 0 Å². The van der Waals surface area contributed by atoms with Crippen LogP contribution in [0, 0.1) is 4.77 Å². The Balaban J connectivity index is 2.64. The second-order valence-corrected chi connectivity index (χ2v) is 4.61. The molecule has 2 aromatic rings. The van der Waals surface area contributed by atoms with E-state index in [9.17, 15) is 9.59 Å². The van der Waals surface area contributed by atoms with Crippen molar-refractivity contribution in [1.82, 2.24) is 14.9 Å². The van der Waals surface area contributed by atoms with Gasteiger partial charge in [0.25, 0.3) is 5.56 Å². The van der Waals surface area contributed by atoms with Gasteiger partial charge in [0, 0.05) is 6.54 Å². The van der Waals surface area contributed by atoms with Gasteiger partial charge in [-0.2, -0.15) is 0 Å². The van der Waals surface area contributed by atoms with E-state index in [1.165, 1.54) is 4.57 Å². The van der Waals surface area contributed by atoms with Gasteiger partial charge in [-0.3, -0.25) is 14.2 Å². The van der Waals surface area contributed by atoms with Gasteiger partial charge in [-0.05, 0) is 38.2 Å². The number of aromatic nitrogens is 2. The lowest BCUT2D eigenvalue weighted by Crippen LogP contribution is -2.36. The fourth-order valence-electron chi connectivity index (χ4n) is 1.97. The van der Waals surface area contributed by atoms with E-state index in [1.54, 1.807) is 25.1 Å². The molecule has 19 heavy (non-hydrogen) atoms. The van der Waals surface area contributed by atoms with E-state index in [-0.39, 0.29) is 16.2 Å². The molecule has 100 valence electrons. The zero-order chi connectivity index (χ0) is 14.0. The Hall–Kier alpha value is -1.95. The van der Waals surface area contributed by atoms with Crippen molar-refractivity contribution in [3.63, 3.8) is 0 Å². The van der Waals surface area contributed by atoms with Crippen LogP contribution < -0.4 is 10.9 Å². The first-order chi connectivity index (χ1) is 9.06. The molecule has 0 fully saturated rings. The first-order valence-electron chi connectivity index (χ1n) is 6.07. The molecule has 5 nitrogen and oxygen atoms in total. The van der Waals surface area contributed by atoms with Crippen LogP contribution in [0.25, 0.3) is 10.9 Å². The number of nitrogens with one attached hydrogen (secondary N) is 2. The minimum atomic E-state index is -0.638. The summed E-state index contributed by atoms with van der Waals surface area (Å²) in [4.78, 5) is 27.2. The number of amides is 1. The summed E-state index contributed by atoms with van der Waals surface area (Å²) < 4.78 is 1.56. The van der Waals surface area contributed by atoms with Crippen LogP contribution in [-0.2, 0) is 4.79 Å². The summed E-state index contributed by atoms with van der Waals surface area (Å²) >= 11 is 5.17. The lowest BCUT2D eigenvalue weighted by molar-refractivity contribution is -0.123. The smallest absolute Gasteiger partial charge is 0.262 e. The van der Waals surface area contributed by atoms with Crippen LogP contribution in [0.15, 0.2) is 29.1 Å². The number of fused-ring (bicyclic) bond motifs is 1. The second kappa shape index (κ2) is 5.36. The zero-order valence-corrected chi connectivity index (χ0v) is 11.6. The second-order valence-electron chi connectivity index (χ2n) is 4.22. The third kappa shape index (κ3) is 2.44. The molecule has 0 bridgehead atoms. The van der Waals surface area contributed by atoms with Crippen molar-refractivity contribution in [2.24, 2.45) is 0 Å². The molecule has 0 radical (unpaired) electrons. The monoisotopic (exact) mass is 277 g/mol. The summed E-state index contributed by atoms with van der Waals surface area (Å²) in [6, 6.07) is 6.46. The third-order valence-electron chi connectivity index (χ3n) is 2.95. The number of H-pyrrole nitrogens is 1. The molecular weight excluding hydrogens is 262 g/mol. The summed E-state index contributed by atoms with van der Waals surface area (Å²) in [5, 5.41) is 3.21. The van der Waals surface area contributed by atoms with Crippen LogP contribution in [0.3, 0.4) is 0 Å². The van der Waals surface area contributed by atoms with Crippen molar-refractivity contribution >= 4 is 29.0 Å². The fraction of sp³-hybridized carbons (Fsp3) is 0.308. The number of carbonyl (C=O) groups excluding carboxylic acids is 1. The Labute approximate surface area is 115 Å². The van der Waals surface area contributed by atoms with Crippen molar-refractivity contribution in [1.29, 1.82) is 0 Å². The molecule has 1 unspecified atom stereocenters. The molecule has 1 aromatic carbocycles. The van der Waals surface area contributed by atoms with Gasteiger partial charge in [0.1, 0.15) is 6.04 Å². The van der Waals surface area contributed by atoms with E-state index in [1.807, 2.05) is 13.0 Å². The number of rotatable bonds is 3. The summed E-state index contributed by atoms with van der Waals surface area (Å²) in [6.45, 7) is 4.00. The van der Waals surface area contributed by atoms with Crippen molar-refractivity contribution < 1.29 is 4.79 Å². The Morgan fingerprint density at radius 2 is 2.16 bits per heavy atom. The quantitative estimate of drug-likeness (QED) is 0.840. The number of carbonyl (C=O) groups is 1. The maximum absolute atomic E-state index is 12.4. The van der Waals surface area contributed by atoms with E-state index < -0.39 is 6.04 Å². The maximum atomic E-state index is 12.4. The number of para-hydroxylation sites is 1. The van der Waals surface area contributed by atoms with Crippen LogP contribution >= 0.6 is 12.2 Å². The first-order valence-corrected chi connectivity index (χ1v) is 6.48. The van der Waals surface area contributed by atoms with Gasteiger partial charge in [-0.1, -0.05) is 12.1 Å². The lowest BCUT2D eigenvalue weighted by Gasteiger charge is -2.15. The molecule has 0 saturated carbocycles. The van der Waals surface area contributed by atoms with E-state index in [2.05, 4.69) is 10.3 Å². The summed E-state index contributed by atoms with van der Waals surface area (Å²) in [5.41, 5.74) is 0.426. The van der Waals surface area contributed by atoms with Gasteiger partial charge in [-0.25, -0.2) is 0 Å². The first kappa shape index (κ1) is 13.5. The molecule has 1 aromatic heterocycles. The maximum Gasteiger partial charge on any atom is 0.262 e. The highest BCUT2D eigenvalue weighted by Gasteiger charge is 2.17. The number of nitrogens with zero attached hydrogens (tertiary/aromatic N) is 1. The van der Waals surface area contributed by atoms with Crippen molar-refractivity contribution in [3.05, 3.63) is 39.4 Å². The molecule has 1 atom stereocenters. The molecule has 0 aliphatic heterocycles. The van der Waals surface area contributed by atoms with Crippen LogP contribution in [-0.4, -0.2) is 22.0 Å². The molecule has 2 N–H and O–H groups in total. The Bertz CT molecular complexity index is 732. The molecule has 0 spiro atoms. The average Bonchev–Trinajstić information content (AvgIpc) is 2.38. The molecule has 6 heteroatoms. The minimum Gasteiger partial charge on any atom is -0.355 e. The van der Waals surface area contributed by atoms with Gasteiger partial charge in [0.15, 0.2) is 4.77 Å². The van der Waals surface area contributed by atoms with Crippen molar-refractivity contribution in [2.75, 3.05) is 6.54 Å². The topological polar surface area (TPSA) is 66.9 Å². The number of likely N-dealkylation sites (N-methyl/N-ethyl adjacent to an activating group) is 1. The van der Waals surface area contributed by atoms with E-state index >= 15 is 0 Å². The van der Waals surface area contributed by atoms with E-state index in [0.717, 1.165) is 0 Å². The standard InChI is InChI=1S/C13H15N3O2S/c1-3-14-11(17)8(2)16-12(18)9-6-4-5-7-10(9)15-13(16)19/h4-8H,3H2,1-2H3,(H,14,17)(H,15,19). The average molecular weight is 277 g/mol. The SMILES string of the molecule is CCNC(=O)C(C)n1c(=S)[nH]c2ccccc2c1=O. The number of hydrogen-bond acceptors (Lipinski definition) is 3. The van der Waals surface area contributed by atoms with Gasteiger partial charge in [0.05, 0.1) is 10.9 Å². The van der Waals surface area contributed by atoms with Gasteiger partial charge >= 0.3 is 0 Å². The molecule has 1 heterocycles. The number of aromatic amines is 1. The fourth-order valence-corrected chi connectivity index (χ4v) is 2.32. The minimum absolute atomic E-state index is 0.223. The predicted octanol–water partition coefficient (Wildman–Crippen LogP) is 1.76. The van der Waals surface area contributed by atoms with E-state index in [0.29, 0.717) is 17.4 Å².